The number of hydrogen-bond donors (Lipinski definition) is 1. The van der Waals surface area contributed by atoms with Crippen LogP contribution >= 0.6 is 12.2 Å². The summed E-state index contributed by atoms with van der Waals surface area (Å²) in [5.41, 5.74) is 0.481. The molecule has 8 heteroatoms. The SMILES string of the molecule is O=S1(=O)CCC(Cn2c(=S)[nH]c3c(F)cc(F)cc32)C1. The van der Waals surface area contributed by atoms with Crippen LogP contribution in [0.5, 0.6) is 0 Å². The molecule has 0 bridgehead atoms. The standard InChI is InChI=1S/C12H12F2N2O2S2/c13-8-3-9(14)11-10(4-8)16(12(19)15-11)5-7-1-2-20(17,18)6-7/h3-4,7H,1-2,5-6H2,(H,15,19). The third-order valence-electron chi connectivity index (χ3n) is 3.57. The number of hydrogen-bond acceptors (Lipinski definition) is 3. The fraction of sp³-hybridized carbons (Fsp3) is 0.417. The summed E-state index contributed by atoms with van der Waals surface area (Å²) in [6.45, 7) is 0.348. The van der Waals surface area contributed by atoms with E-state index in [0.29, 0.717) is 18.5 Å². The Morgan fingerprint density at radius 2 is 2.15 bits per heavy atom. The maximum Gasteiger partial charge on any atom is 0.178 e. The van der Waals surface area contributed by atoms with Crippen molar-refractivity contribution in [2.75, 3.05) is 11.5 Å². The van der Waals surface area contributed by atoms with Gasteiger partial charge in [0.05, 0.1) is 17.0 Å². The van der Waals surface area contributed by atoms with Crippen molar-refractivity contribution in [3.63, 3.8) is 0 Å². The molecular formula is C12H12F2N2O2S2. The smallest absolute Gasteiger partial charge is 0.178 e. The highest BCUT2D eigenvalue weighted by molar-refractivity contribution is 7.91. The monoisotopic (exact) mass is 318 g/mol. The van der Waals surface area contributed by atoms with Crippen molar-refractivity contribution in [2.24, 2.45) is 5.92 Å². The molecule has 0 radical (unpaired) electrons. The number of rotatable bonds is 2. The number of fused-ring (bicyclic) bond motifs is 1. The van der Waals surface area contributed by atoms with Crippen LogP contribution in [0.15, 0.2) is 12.1 Å². The molecule has 0 spiro atoms. The Hall–Kier alpha value is -1.28. The van der Waals surface area contributed by atoms with E-state index in [1.807, 2.05) is 0 Å². The molecule has 1 fully saturated rings. The van der Waals surface area contributed by atoms with Crippen LogP contribution < -0.4 is 0 Å². The highest BCUT2D eigenvalue weighted by atomic mass is 32.2. The molecule has 2 heterocycles. The Balaban J connectivity index is 2.04. The Morgan fingerprint density at radius 1 is 1.40 bits per heavy atom. The van der Waals surface area contributed by atoms with E-state index < -0.39 is 21.5 Å². The highest BCUT2D eigenvalue weighted by Crippen LogP contribution is 2.24. The summed E-state index contributed by atoms with van der Waals surface area (Å²) < 4.78 is 51.7. The summed E-state index contributed by atoms with van der Waals surface area (Å²) in [4.78, 5) is 2.70. The number of nitrogens with one attached hydrogen (secondary N) is 1. The number of nitrogens with zero attached hydrogens (tertiary/aromatic N) is 1. The zero-order valence-corrected chi connectivity index (χ0v) is 12.0. The number of benzene rings is 1. The predicted molar refractivity (Wildman–Crippen MR) is 73.8 cm³/mol. The molecule has 108 valence electrons. The lowest BCUT2D eigenvalue weighted by atomic mass is 10.1. The summed E-state index contributed by atoms with van der Waals surface area (Å²) in [7, 11) is -2.99. The number of sulfone groups is 1. The van der Waals surface area contributed by atoms with Gasteiger partial charge in [0, 0.05) is 12.6 Å². The number of halogens is 2. The third kappa shape index (κ3) is 2.37. The molecule has 0 saturated carbocycles. The average Bonchev–Trinajstić information content (AvgIpc) is 2.82. The Labute approximate surface area is 119 Å². The molecule has 1 aliphatic heterocycles. The third-order valence-corrected chi connectivity index (χ3v) is 5.73. The van der Waals surface area contributed by atoms with Crippen LogP contribution in [0.2, 0.25) is 0 Å². The molecule has 1 unspecified atom stereocenters. The Kier molecular flexibility index (Phi) is 3.17. The molecule has 0 amide bonds. The van der Waals surface area contributed by atoms with E-state index in [4.69, 9.17) is 12.2 Å². The molecule has 20 heavy (non-hydrogen) atoms. The lowest BCUT2D eigenvalue weighted by molar-refractivity contribution is 0.494. The van der Waals surface area contributed by atoms with Crippen molar-refractivity contribution in [1.29, 1.82) is 0 Å². The fourth-order valence-electron chi connectivity index (χ4n) is 2.64. The van der Waals surface area contributed by atoms with Crippen LogP contribution in [0.4, 0.5) is 8.78 Å². The average molecular weight is 318 g/mol. The largest absolute Gasteiger partial charge is 0.328 e. The van der Waals surface area contributed by atoms with Crippen LogP contribution in [-0.4, -0.2) is 29.5 Å². The van der Waals surface area contributed by atoms with E-state index in [9.17, 15) is 17.2 Å². The first kappa shape index (κ1) is 13.7. The molecule has 1 aromatic heterocycles. The van der Waals surface area contributed by atoms with Crippen LogP contribution in [0, 0.1) is 22.3 Å². The van der Waals surface area contributed by atoms with Crippen molar-refractivity contribution in [3.05, 3.63) is 28.5 Å². The van der Waals surface area contributed by atoms with E-state index in [1.54, 1.807) is 4.57 Å². The van der Waals surface area contributed by atoms with Crippen molar-refractivity contribution < 1.29 is 17.2 Å². The van der Waals surface area contributed by atoms with E-state index >= 15 is 0 Å². The second-order valence-electron chi connectivity index (χ2n) is 5.09. The van der Waals surface area contributed by atoms with E-state index in [2.05, 4.69) is 4.98 Å². The van der Waals surface area contributed by atoms with Gasteiger partial charge in [0.2, 0.25) is 0 Å². The van der Waals surface area contributed by atoms with Gasteiger partial charge >= 0.3 is 0 Å². The Morgan fingerprint density at radius 3 is 2.80 bits per heavy atom. The molecule has 1 atom stereocenters. The maximum atomic E-state index is 13.7. The van der Waals surface area contributed by atoms with E-state index in [0.717, 1.165) is 6.07 Å². The maximum absolute atomic E-state index is 13.7. The topological polar surface area (TPSA) is 54.9 Å². The molecule has 1 N–H and O–H groups in total. The van der Waals surface area contributed by atoms with Gasteiger partial charge in [-0.15, -0.1) is 0 Å². The predicted octanol–water partition coefficient (Wildman–Crippen LogP) is 2.41. The second kappa shape index (κ2) is 4.63. The zero-order chi connectivity index (χ0) is 14.5. The summed E-state index contributed by atoms with van der Waals surface area (Å²) in [6.07, 6.45) is 0.550. The zero-order valence-electron chi connectivity index (χ0n) is 10.4. The molecule has 3 rings (SSSR count). The van der Waals surface area contributed by atoms with Crippen LogP contribution in [0.3, 0.4) is 0 Å². The summed E-state index contributed by atoms with van der Waals surface area (Å²) in [6, 6.07) is 1.99. The van der Waals surface area contributed by atoms with Gasteiger partial charge in [-0.2, -0.15) is 0 Å². The van der Waals surface area contributed by atoms with Gasteiger partial charge in [-0.3, -0.25) is 0 Å². The van der Waals surface area contributed by atoms with Crippen molar-refractivity contribution in [3.8, 4) is 0 Å². The van der Waals surface area contributed by atoms with Crippen molar-refractivity contribution >= 4 is 33.1 Å². The molecule has 1 saturated heterocycles. The van der Waals surface area contributed by atoms with E-state index in [-0.39, 0.29) is 27.7 Å². The normalized spacial score (nSPS) is 21.6. The van der Waals surface area contributed by atoms with Crippen LogP contribution in [0.25, 0.3) is 11.0 Å². The van der Waals surface area contributed by atoms with Gasteiger partial charge in [-0.25, -0.2) is 17.2 Å². The van der Waals surface area contributed by atoms with Crippen LogP contribution in [0.1, 0.15) is 6.42 Å². The first-order valence-corrected chi connectivity index (χ1v) is 8.37. The molecule has 2 aromatic rings. The highest BCUT2D eigenvalue weighted by Gasteiger charge is 2.28. The first-order valence-electron chi connectivity index (χ1n) is 6.14. The van der Waals surface area contributed by atoms with Gasteiger partial charge in [-0.1, -0.05) is 0 Å². The first-order chi connectivity index (χ1) is 9.35. The fourth-order valence-corrected chi connectivity index (χ4v) is 4.76. The second-order valence-corrected chi connectivity index (χ2v) is 7.71. The molecule has 0 aliphatic carbocycles. The van der Waals surface area contributed by atoms with Crippen LogP contribution in [-0.2, 0) is 16.4 Å². The number of H-pyrrole nitrogens is 1. The summed E-state index contributed by atoms with van der Waals surface area (Å²) in [5, 5.41) is 0. The lowest BCUT2D eigenvalue weighted by Gasteiger charge is -2.09. The Bertz CT molecular complexity index is 839. The van der Waals surface area contributed by atoms with E-state index in [1.165, 1.54) is 6.07 Å². The van der Waals surface area contributed by atoms with Crippen molar-refractivity contribution in [1.82, 2.24) is 9.55 Å². The number of imidazole rings is 1. The number of aromatic amines is 1. The molecule has 1 aromatic carbocycles. The van der Waals surface area contributed by atoms with Gasteiger partial charge in [-0.05, 0) is 30.6 Å². The van der Waals surface area contributed by atoms with Crippen molar-refractivity contribution in [2.45, 2.75) is 13.0 Å². The van der Waals surface area contributed by atoms with Gasteiger partial charge < -0.3 is 9.55 Å². The minimum absolute atomic E-state index is 0.0722. The van der Waals surface area contributed by atoms with Gasteiger partial charge in [0.1, 0.15) is 11.3 Å². The van der Waals surface area contributed by atoms with Gasteiger partial charge in [0.25, 0.3) is 0 Å². The molecule has 4 nitrogen and oxygen atoms in total. The summed E-state index contributed by atoms with van der Waals surface area (Å²) >= 11 is 5.12. The molecular weight excluding hydrogens is 306 g/mol. The minimum atomic E-state index is -2.99. The lowest BCUT2D eigenvalue weighted by Crippen LogP contribution is -2.12. The molecule has 1 aliphatic rings. The summed E-state index contributed by atoms with van der Waals surface area (Å²) in [5.74, 6) is -1.20. The number of aromatic nitrogens is 2. The quantitative estimate of drug-likeness (QED) is 0.865. The van der Waals surface area contributed by atoms with Gasteiger partial charge in [0.15, 0.2) is 20.4 Å². The minimum Gasteiger partial charge on any atom is -0.328 e.